The Morgan fingerprint density at radius 1 is 1.00 bits per heavy atom. The maximum atomic E-state index is 13.3. The van der Waals surface area contributed by atoms with E-state index in [-0.39, 0.29) is 25.5 Å². The van der Waals surface area contributed by atoms with E-state index in [1.165, 1.54) is 12.1 Å². The van der Waals surface area contributed by atoms with E-state index in [4.69, 9.17) is 25.4 Å². The minimum atomic E-state index is -2.30. The summed E-state index contributed by atoms with van der Waals surface area (Å²) in [5.74, 6) is -2.31. The third kappa shape index (κ3) is 9.85. The molecule has 0 aliphatic carbocycles. The SMILES string of the molecule is C#CCOc1ccc(CO[C@]2(C(=O)OC)C[C@H](O)[C@@H](NC(=O)CO)[C@H]([C@H](O)[C@H](O)CNC(=O)Cc3ccc(-c4ccc(F)cc4)cc3)O2)cc1. The van der Waals surface area contributed by atoms with Crippen molar-refractivity contribution >= 4 is 17.8 Å². The first-order chi connectivity index (χ1) is 24.0. The number of aliphatic hydroxyl groups excluding tert-OH is 4. The van der Waals surface area contributed by atoms with E-state index in [2.05, 4.69) is 16.6 Å². The van der Waals surface area contributed by atoms with Gasteiger partial charge in [0, 0.05) is 13.0 Å². The Morgan fingerprint density at radius 3 is 2.22 bits per heavy atom. The van der Waals surface area contributed by atoms with E-state index in [0.717, 1.165) is 18.2 Å². The number of hydrogen-bond donors (Lipinski definition) is 6. The fourth-order valence-electron chi connectivity index (χ4n) is 5.36. The van der Waals surface area contributed by atoms with Crippen LogP contribution in [0.15, 0.2) is 72.8 Å². The third-order valence-electron chi connectivity index (χ3n) is 7.99. The van der Waals surface area contributed by atoms with Crippen LogP contribution in [0.2, 0.25) is 0 Å². The fraction of sp³-hybridized carbons (Fsp3) is 0.361. The first-order valence-corrected chi connectivity index (χ1v) is 15.6. The van der Waals surface area contributed by atoms with E-state index in [0.29, 0.717) is 16.9 Å². The Labute approximate surface area is 287 Å². The molecule has 3 aromatic rings. The minimum Gasteiger partial charge on any atom is -0.481 e. The molecular formula is C36H39FN2O11. The molecule has 6 N–H and O–H groups in total. The van der Waals surface area contributed by atoms with Crippen LogP contribution in [0.1, 0.15) is 17.5 Å². The van der Waals surface area contributed by atoms with Gasteiger partial charge in [0.15, 0.2) is 0 Å². The van der Waals surface area contributed by atoms with Gasteiger partial charge in [-0.3, -0.25) is 9.59 Å². The molecule has 0 radical (unpaired) electrons. The van der Waals surface area contributed by atoms with Gasteiger partial charge in [0.1, 0.15) is 37.0 Å². The minimum absolute atomic E-state index is 0.0636. The van der Waals surface area contributed by atoms with E-state index < -0.39 is 73.6 Å². The summed E-state index contributed by atoms with van der Waals surface area (Å²) in [6.07, 6.45) is -2.36. The summed E-state index contributed by atoms with van der Waals surface area (Å²) < 4.78 is 35.3. The van der Waals surface area contributed by atoms with E-state index in [1.54, 1.807) is 60.7 Å². The zero-order valence-electron chi connectivity index (χ0n) is 27.2. The number of carbonyl (C=O) groups excluding carboxylic acids is 3. The van der Waals surface area contributed by atoms with Crippen LogP contribution in [0.3, 0.4) is 0 Å². The highest BCUT2D eigenvalue weighted by Crippen LogP contribution is 2.35. The molecule has 2 amide bonds. The van der Waals surface area contributed by atoms with Crippen LogP contribution in [-0.2, 0) is 41.6 Å². The fourth-order valence-corrected chi connectivity index (χ4v) is 5.36. The molecule has 1 aliphatic heterocycles. The van der Waals surface area contributed by atoms with Crippen molar-refractivity contribution in [3.05, 3.63) is 89.7 Å². The van der Waals surface area contributed by atoms with Crippen molar-refractivity contribution in [1.29, 1.82) is 0 Å². The lowest BCUT2D eigenvalue weighted by molar-refractivity contribution is -0.315. The molecule has 0 spiro atoms. The number of nitrogens with one attached hydrogen (secondary N) is 2. The highest BCUT2D eigenvalue weighted by atomic mass is 19.1. The first kappa shape index (κ1) is 37.9. The summed E-state index contributed by atoms with van der Waals surface area (Å²) in [5.41, 5.74) is 2.81. The number of ether oxygens (including phenoxy) is 4. The molecule has 1 saturated heterocycles. The second kappa shape index (κ2) is 17.7. The van der Waals surface area contributed by atoms with Crippen LogP contribution in [-0.4, -0.2) is 101 Å². The average Bonchev–Trinajstić information content (AvgIpc) is 3.13. The summed E-state index contributed by atoms with van der Waals surface area (Å²) in [5, 5.41) is 47.5. The van der Waals surface area contributed by atoms with Gasteiger partial charge in [-0.2, -0.15) is 0 Å². The second-order valence-electron chi connectivity index (χ2n) is 11.5. The Balaban J connectivity index is 1.44. The molecule has 50 heavy (non-hydrogen) atoms. The molecule has 0 aromatic heterocycles. The molecule has 3 aromatic carbocycles. The summed E-state index contributed by atoms with van der Waals surface area (Å²) in [6, 6.07) is 18.1. The number of amides is 2. The van der Waals surface area contributed by atoms with Gasteiger partial charge in [0.05, 0.1) is 38.4 Å². The number of hydrogen-bond acceptors (Lipinski definition) is 11. The summed E-state index contributed by atoms with van der Waals surface area (Å²) >= 11 is 0. The van der Waals surface area contributed by atoms with Gasteiger partial charge in [-0.1, -0.05) is 54.5 Å². The van der Waals surface area contributed by atoms with Crippen LogP contribution in [0.25, 0.3) is 11.1 Å². The molecule has 1 heterocycles. The molecule has 4 rings (SSSR count). The van der Waals surface area contributed by atoms with E-state index in [9.17, 15) is 39.2 Å². The zero-order chi connectivity index (χ0) is 36.3. The standard InChI is InChI=1S/C36H39FN2O11/c1-3-16-48-27-14-6-23(7-15-27)21-49-36(35(46)47-2)18-28(41)32(39-31(44)20-40)34(50-36)33(45)29(42)19-38-30(43)17-22-4-8-24(9-5-22)25-10-12-26(37)13-11-25/h1,4-15,28-29,32-34,40-42,45H,16-21H2,2H3,(H,38,43)(H,39,44)/t28-,29+,32+,33+,34+,36+/m0/s1. The van der Waals surface area contributed by atoms with Crippen molar-refractivity contribution in [3.63, 3.8) is 0 Å². The van der Waals surface area contributed by atoms with Gasteiger partial charge in [0.2, 0.25) is 11.8 Å². The molecule has 1 fully saturated rings. The number of esters is 1. The number of benzene rings is 3. The number of carbonyl (C=O) groups is 3. The highest BCUT2D eigenvalue weighted by molar-refractivity contribution is 5.80. The van der Waals surface area contributed by atoms with Crippen molar-refractivity contribution in [3.8, 4) is 29.2 Å². The van der Waals surface area contributed by atoms with Crippen LogP contribution in [0.4, 0.5) is 4.39 Å². The largest absolute Gasteiger partial charge is 0.481 e. The Kier molecular flexibility index (Phi) is 13.4. The lowest BCUT2D eigenvalue weighted by Gasteiger charge is -2.47. The lowest BCUT2D eigenvalue weighted by atomic mass is 9.88. The summed E-state index contributed by atoms with van der Waals surface area (Å²) in [6.45, 7) is -1.62. The van der Waals surface area contributed by atoms with Crippen molar-refractivity contribution < 1.29 is 58.1 Å². The van der Waals surface area contributed by atoms with Crippen LogP contribution in [0.5, 0.6) is 5.75 Å². The number of methoxy groups -OCH3 is 1. The van der Waals surface area contributed by atoms with Gasteiger partial charge in [-0.05, 0) is 46.5 Å². The molecule has 1 aliphatic rings. The van der Waals surface area contributed by atoms with E-state index in [1.807, 2.05) is 0 Å². The molecule has 6 atom stereocenters. The average molecular weight is 695 g/mol. The molecule has 0 bridgehead atoms. The number of terminal acetylenes is 1. The van der Waals surface area contributed by atoms with Gasteiger partial charge in [0.25, 0.3) is 5.79 Å². The smallest absolute Gasteiger partial charge is 0.366 e. The predicted octanol–water partition coefficient (Wildman–Crippen LogP) is 0.598. The van der Waals surface area contributed by atoms with E-state index >= 15 is 0 Å². The quantitative estimate of drug-likeness (QED) is 0.0964. The zero-order valence-corrected chi connectivity index (χ0v) is 27.2. The first-order valence-electron chi connectivity index (χ1n) is 15.6. The van der Waals surface area contributed by atoms with Crippen LogP contribution < -0.4 is 15.4 Å². The van der Waals surface area contributed by atoms with Crippen molar-refractivity contribution in [2.75, 3.05) is 26.9 Å². The number of rotatable bonds is 15. The Bertz CT molecular complexity index is 1630. The van der Waals surface area contributed by atoms with Gasteiger partial charge in [-0.25, -0.2) is 9.18 Å². The Morgan fingerprint density at radius 2 is 1.62 bits per heavy atom. The Hall–Kier alpha value is -4.88. The monoisotopic (exact) mass is 694 g/mol. The molecule has 0 unspecified atom stereocenters. The van der Waals surface area contributed by atoms with Gasteiger partial charge in [-0.15, -0.1) is 6.42 Å². The van der Waals surface area contributed by atoms with Gasteiger partial charge < -0.3 is 50.0 Å². The van der Waals surface area contributed by atoms with Gasteiger partial charge >= 0.3 is 5.97 Å². The lowest BCUT2D eigenvalue weighted by Crippen LogP contribution is -2.68. The molecule has 0 saturated carbocycles. The maximum absolute atomic E-state index is 13.3. The maximum Gasteiger partial charge on any atom is 0.366 e. The topological polar surface area (TPSA) is 193 Å². The summed E-state index contributed by atoms with van der Waals surface area (Å²) in [7, 11) is 1.06. The van der Waals surface area contributed by atoms with Crippen molar-refractivity contribution in [1.82, 2.24) is 10.6 Å². The normalized spacial score (nSPS) is 21.3. The molecule has 13 nitrogen and oxygen atoms in total. The molecular weight excluding hydrogens is 655 g/mol. The van der Waals surface area contributed by atoms with Crippen LogP contribution >= 0.6 is 0 Å². The molecule has 14 heteroatoms. The number of aliphatic hydroxyl groups is 4. The number of halogens is 1. The van der Waals surface area contributed by atoms with Crippen molar-refractivity contribution in [2.24, 2.45) is 0 Å². The third-order valence-corrected chi connectivity index (χ3v) is 7.99. The second-order valence-corrected chi connectivity index (χ2v) is 11.5. The predicted molar refractivity (Wildman–Crippen MR) is 175 cm³/mol. The molecule has 266 valence electrons. The van der Waals surface area contributed by atoms with Crippen molar-refractivity contribution in [2.45, 2.75) is 55.7 Å². The highest BCUT2D eigenvalue weighted by Gasteiger charge is 2.56. The summed E-state index contributed by atoms with van der Waals surface area (Å²) in [4.78, 5) is 38.0. The van der Waals surface area contributed by atoms with Crippen LogP contribution in [0, 0.1) is 18.2 Å².